The number of benzene rings is 1. The number of rotatable bonds is 11. The first-order valence-electron chi connectivity index (χ1n) is 9.68. The molecule has 0 aliphatic heterocycles. The number of nitrogens with one attached hydrogen (secondary N) is 3. The first-order valence-corrected chi connectivity index (χ1v) is 10.9. The third kappa shape index (κ3) is 6.69. The fourth-order valence-corrected chi connectivity index (χ4v) is 3.00. The lowest BCUT2D eigenvalue weighted by molar-refractivity contribution is -0.111. The molecule has 0 radical (unpaired) electrons. The lowest BCUT2D eigenvalue weighted by Crippen LogP contribution is -2.09. The van der Waals surface area contributed by atoms with Crippen LogP contribution in [0.25, 0.3) is 0 Å². The second-order valence-electron chi connectivity index (χ2n) is 6.33. The molecule has 0 aliphatic carbocycles. The summed E-state index contributed by atoms with van der Waals surface area (Å²) >= 11 is 1.51. The average Bonchev–Trinajstić information content (AvgIpc) is 2.81. The highest BCUT2D eigenvalue weighted by molar-refractivity contribution is 7.98. The summed E-state index contributed by atoms with van der Waals surface area (Å²) in [6.45, 7) is 4.46. The van der Waals surface area contributed by atoms with Crippen LogP contribution in [-0.4, -0.2) is 47.4 Å². The van der Waals surface area contributed by atoms with Crippen LogP contribution in [0.3, 0.4) is 0 Å². The molecule has 2 aromatic heterocycles. The van der Waals surface area contributed by atoms with Gasteiger partial charge in [-0.2, -0.15) is 4.98 Å². The Balaban J connectivity index is 1.72. The first kappa shape index (κ1) is 23.0. The molecule has 0 bridgehead atoms. The van der Waals surface area contributed by atoms with Crippen molar-refractivity contribution in [3.63, 3.8) is 0 Å². The Labute approximate surface area is 190 Å². The van der Waals surface area contributed by atoms with Gasteiger partial charge < -0.3 is 25.4 Å². The molecular formula is C22H24N6O3S. The topological polar surface area (TPSA) is 110 Å². The van der Waals surface area contributed by atoms with Gasteiger partial charge in [-0.05, 0) is 48.7 Å². The van der Waals surface area contributed by atoms with Gasteiger partial charge in [-0.25, -0.2) is 9.97 Å². The van der Waals surface area contributed by atoms with E-state index in [1.807, 2.05) is 30.5 Å². The highest BCUT2D eigenvalue weighted by Crippen LogP contribution is 2.27. The largest absolute Gasteiger partial charge is 0.491 e. The van der Waals surface area contributed by atoms with Crippen molar-refractivity contribution in [1.82, 2.24) is 15.0 Å². The third-order valence-electron chi connectivity index (χ3n) is 4.07. The number of amides is 1. The van der Waals surface area contributed by atoms with Crippen molar-refractivity contribution in [2.45, 2.75) is 4.90 Å². The summed E-state index contributed by atoms with van der Waals surface area (Å²) in [5, 5.41) is 9.00. The van der Waals surface area contributed by atoms with E-state index in [0.29, 0.717) is 36.6 Å². The molecule has 3 rings (SSSR count). The van der Waals surface area contributed by atoms with Gasteiger partial charge in [0.1, 0.15) is 24.0 Å². The predicted octanol–water partition coefficient (Wildman–Crippen LogP) is 4.23. The van der Waals surface area contributed by atoms with E-state index in [-0.39, 0.29) is 5.91 Å². The van der Waals surface area contributed by atoms with Crippen LogP contribution >= 0.6 is 11.8 Å². The quantitative estimate of drug-likeness (QED) is 0.224. The molecule has 0 saturated carbocycles. The molecule has 32 heavy (non-hydrogen) atoms. The maximum Gasteiger partial charge on any atom is 0.248 e. The summed E-state index contributed by atoms with van der Waals surface area (Å²) < 4.78 is 10.6. The van der Waals surface area contributed by atoms with Crippen molar-refractivity contribution < 1.29 is 14.3 Å². The number of carbonyl (C=O) groups is 1. The van der Waals surface area contributed by atoms with Crippen molar-refractivity contribution in [2.75, 3.05) is 42.5 Å². The zero-order valence-electron chi connectivity index (χ0n) is 17.8. The van der Waals surface area contributed by atoms with Crippen molar-refractivity contribution in [1.29, 1.82) is 0 Å². The Morgan fingerprint density at radius 3 is 2.59 bits per heavy atom. The number of hydrogen-bond acceptors (Lipinski definition) is 9. The predicted molar refractivity (Wildman–Crippen MR) is 127 cm³/mol. The number of methoxy groups -OCH3 is 1. The molecule has 0 fully saturated rings. The molecule has 1 amide bonds. The number of ether oxygens (including phenoxy) is 2. The molecule has 0 aliphatic rings. The molecule has 10 heteroatoms. The molecule has 2 heterocycles. The Morgan fingerprint density at radius 1 is 1.09 bits per heavy atom. The maximum atomic E-state index is 11.5. The third-order valence-corrected chi connectivity index (χ3v) is 4.81. The number of thioether (sulfide) groups is 1. The molecular weight excluding hydrogens is 428 g/mol. The van der Waals surface area contributed by atoms with Crippen molar-refractivity contribution >= 4 is 46.8 Å². The summed E-state index contributed by atoms with van der Waals surface area (Å²) in [6.07, 6.45) is 4.86. The summed E-state index contributed by atoms with van der Waals surface area (Å²) in [5.74, 6) is 2.38. The monoisotopic (exact) mass is 452 g/mol. The number of hydrogen-bond donors (Lipinski definition) is 3. The Bertz CT molecular complexity index is 1060. The minimum absolute atomic E-state index is 0.330. The van der Waals surface area contributed by atoms with E-state index in [1.54, 1.807) is 31.5 Å². The van der Waals surface area contributed by atoms with Crippen LogP contribution in [0.2, 0.25) is 0 Å². The van der Waals surface area contributed by atoms with E-state index in [2.05, 4.69) is 37.5 Å². The fraction of sp³-hybridized carbons (Fsp3) is 0.182. The van der Waals surface area contributed by atoms with Gasteiger partial charge in [0, 0.05) is 19.0 Å². The summed E-state index contributed by atoms with van der Waals surface area (Å²) in [6, 6.07) is 12.7. The van der Waals surface area contributed by atoms with Crippen LogP contribution < -0.4 is 20.7 Å². The Kier molecular flexibility index (Phi) is 8.41. The molecule has 0 saturated heterocycles. The van der Waals surface area contributed by atoms with Crippen molar-refractivity contribution in [3.05, 3.63) is 61.3 Å². The van der Waals surface area contributed by atoms with Gasteiger partial charge >= 0.3 is 0 Å². The standard InChI is InChI=1S/C22H24N6O3S/c1-4-20(29)26-18-6-5-7-19(25-18)27-21-17(32-3)14-23-22(28-21)24-15-8-10-16(11-9-15)31-13-12-30-2/h4-11,14H,1,12-13H2,2-3H3,(H3,23,24,25,26,27,28,29). The van der Waals surface area contributed by atoms with Crippen LogP contribution in [-0.2, 0) is 9.53 Å². The molecule has 0 atom stereocenters. The minimum Gasteiger partial charge on any atom is -0.491 e. The Morgan fingerprint density at radius 2 is 1.88 bits per heavy atom. The SMILES string of the molecule is C=CC(=O)Nc1cccc(Nc2nc(Nc3ccc(OCCOC)cc3)ncc2SC)n1. The van der Waals surface area contributed by atoms with Gasteiger partial charge in [0.05, 0.1) is 11.5 Å². The van der Waals surface area contributed by atoms with E-state index < -0.39 is 0 Å². The molecule has 0 spiro atoms. The van der Waals surface area contributed by atoms with Crippen LogP contribution in [0.15, 0.2) is 66.2 Å². The van der Waals surface area contributed by atoms with E-state index in [1.165, 1.54) is 17.8 Å². The molecule has 9 nitrogen and oxygen atoms in total. The van der Waals surface area contributed by atoms with Crippen LogP contribution in [0.4, 0.5) is 29.1 Å². The van der Waals surface area contributed by atoms with Gasteiger partial charge in [-0.1, -0.05) is 12.6 Å². The minimum atomic E-state index is -0.330. The maximum absolute atomic E-state index is 11.5. The van der Waals surface area contributed by atoms with Gasteiger partial charge in [0.25, 0.3) is 0 Å². The molecule has 3 aromatic rings. The van der Waals surface area contributed by atoms with E-state index in [0.717, 1.165) is 16.3 Å². The number of aromatic nitrogens is 3. The second kappa shape index (κ2) is 11.7. The van der Waals surface area contributed by atoms with Crippen LogP contribution in [0.1, 0.15) is 0 Å². The summed E-state index contributed by atoms with van der Waals surface area (Å²) in [7, 11) is 1.63. The zero-order chi connectivity index (χ0) is 22.8. The number of anilines is 5. The van der Waals surface area contributed by atoms with Gasteiger partial charge in [-0.15, -0.1) is 11.8 Å². The normalized spacial score (nSPS) is 10.3. The smallest absolute Gasteiger partial charge is 0.248 e. The number of carbonyl (C=O) groups excluding carboxylic acids is 1. The van der Waals surface area contributed by atoms with Crippen LogP contribution in [0.5, 0.6) is 5.75 Å². The fourth-order valence-electron chi connectivity index (χ4n) is 2.55. The number of pyridine rings is 1. The lowest BCUT2D eigenvalue weighted by Gasteiger charge is -2.12. The van der Waals surface area contributed by atoms with Crippen molar-refractivity contribution in [3.8, 4) is 5.75 Å². The van der Waals surface area contributed by atoms with Gasteiger partial charge in [-0.3, -0.25) is 4.79 Å². The van der Waals surface area contributed by atoms with Gasteiger partial charge in [0.2, 0.25) is 11.9 Å². The van der Waals surface area contributed by atoms with E-state index >= 15 is 0 Å². The second-order valence-corrected chi connectivity index (χ2v) is 7.18. The zero-order valence-corrected chi connectivity index (χ0v) is 18.6. The highest BCUT2D eigenvalue weighted by atomic mass is 32.2. The van der Waals surface area contributed by atoms with Crippen LogP contribution in [0, 0.1) is 0 Å². The average molecular weight is 453 g/mol. The first-order chi connectivity index (χ1) is 15.6. The van der Waals surface area contributed by atoms with Crippen molar-refractivity contribution in [2.24, 2.45) is 0 Å². The van der Waals surface area contributed by atoms with E-state index in [4.69, 9.17) is 9.47 Å². The number of nitrogens with zero attached hydrogens (tertiary/aromatic N) is 3. The van der Waals surface area contributed by atoms with Gasteiger partial charge in [0.15, 0.2) is 5.82 Å². The lowest BCUT2D eigenvalue weighted by atomic mass is 10.3. The highest BCUT2D eigenvalue weighted by Gasteiger charge is 2.09. The molecule has 1 aromatic carbocycles. The summed E-state index contributed by atoms with van der Waals surface area (Å²) in [5.41, 5.74) is 0.819. The summed E-state index contributed by atoms with van der Waals surface area (Å²) in [4.78, 5) is 25.7. The molecule has 3 N–H and O–H groups in total. The molecule has 0 unspecified atom stereocenters. The Hall–Kier alpha value is -3.63. The molecule has 166 valence electrons. The van der Waals surface area contributed by atoms with E-state index in [9.17, 15) is 4.79 Å².